The molecule has 2 aromatic rings. The predicted octanol–water partition coefficient (Wildman–Crippen LogP) is 2.55. The van der Waals surface area contributed by atoms with Gasteiger partial charge in [0.05, 0.1) is 0 Å². The van der Waals surface area contributed by atoms with Crippen LogP contribution >= 0.6 is 0 Å². The smallest absolute Gasteiger partial charge is 0.484 e. The molecule has 0 aliphatic carbocycles. The standard InChI is InChI=1S/C7H10N.C4H4N.Ru/c1-5-4-8-7(3)6(5)2;1-2-4-5-3-1;/h8H,1-3H3;1-3,5H;/q2*-1;+2. The van der Waals surface area contributed by atoms with Crippen molar-refractivity contribution in [3.8, 4) is 0 Å². The number of aromatic nitrogens is 2. The quantitative estimate of drug-likeness (QED) is 0.547. The molecule has 2 rings (SSSR count). The second kappa shape index (κ2) is 6.61. The van der Waals surface area contributed by atoms with Crippen LogP contribution in [-0.2, 0) is 19.5 Å². The summed E-state index contributed by atoms with van der Waals surface area (Å²) in [5.74, 6) is 0. The zero-order chi connectivity index (χ0) is 9.68. The maximum absolute atomic E-state index is 3.01. The van der Waals surface area contributed by atoms with Crippen LogP contribution in [0.25, 0.3) is 0 Å². The Kier molecular flexibility index (Phi) is 6.22. The molecule has 3 heteroatoms. The van der Waals surface area contributed by atoms with Crippen molar-refractivity contribution in [3.63, 3.8) is 0 Å². The molecule has 2 heterocycles. The molecular formula is C11H14N2Ru. The van der Waals surface area contributed by atoms with E-state index in [4.69, 9.17) is 0 Å². The van der Waals surface area contributed by atoms with Crippen molar-refractivity contribution >= 4 is 0 Å². The molecule has 2 N–H and O–H groups in total. The van der Waals surface area contributed by atoms with Gasteiger partial charge in [0.15, 0.2) is 0 Å². The van der Waals surface area contributed by atoms with Gasteiger partial charge < -0.3 is 9.97 Å². The monoisotopic (exact) mass is 276 g/mol. The van der Waals surface area contributed by atoms with E-state index >= 15 is 0 Å². The molecule has 0 atom stereocenters. The minimum Gasteiger partial charge on any atom is -0.484 e. The summed E-state index contributed by atoms with van der Waals surface area (Å²) in [6, 6.07) is 3.71. The molecule has 0 bridgehead atoms. The van der Waals surface area contributed by atoms with Crippen molar-refractivity contribution in [2.75, 3.05) is 0 Å². The van der Waals surface area contributed by atoms with Gasteiger partial charge in [-0.3, -0.25) is 0 Å². The Morgan fingerprint density at radius 2 is 1.93 bits per heavy atom. The fourth-order valence-electron chi connectivity index (χ4n) is 0.897. The molecule has 0 aliphatic rings. The van der Waals surface area contributed by atoms with E-state index in [0.29, 0.717) is 0 Å². The van der Waals surface area contributed by atoms with E-state index in [-0.39, 0.29) is 19.5 Å². The molecule has 14 heavy (non-hydrogen) atoms. The normalized spacial score (nSPS) is 8.50. The van der Waals surface area contributed by atoms with E-state index in [1.54, 1.807) is 0 Å². The molecule has 0 aliphatic heterocycles. The van der Waals surface area contributed by atoms with Crippen LogP contribution in [0.15, 0.2) is 18.3 Å². The van der Waals surface area contributed by atoms with Crippen LogP contribution in [0.5, 0.6) is 0 Å². The first-order chi connectivity index (χ1) is 6.22. The molecular weight excluding hydrogens is 261 g/mol. The number of nitrogens with one attached hydrogen (secondary N) is 2. The average Bonchev–Trinajstić information content (AvgIpc) is 2.75. The molecule has 2 aromatic heterocycles. The first kappa shape index (κ1) is 13.2. The largest absolute Gasteiger partial charge is 2.00 e. The van der Waals surface area contributed by atoms with Crippen molar-refractivity contribution in [2.45, 2.75) is 20.8 Å². The van der Waals surface area contributed by atoms with E-state index in [2.05, 4.69) is 43.1 Å². The van der Waals surface area contributed by atoms with E-state index < -0.39 is 0 Å². The van der Waals surface area contributed by atoms with Crippen molar-refractivity contribution in [3.05, 3.63) is 47.5 Å². The third kappa shape index (κ3) is 3.93. The van der Waals surface area contributed by atoms with Gasteiger partial charge in [0.25, 0.3) is 0 Å². The second-order valence-electron chi connectivity index (χ2n) is 2.94. The Hall–Kier alpha value is -0.817. The minimum atomic E-state index is 0. The molecule has 0 aromatic carbocycles. The number of hydrogen-bond acceptors (Lipinski definition) is 0. The van der Waals surface area contributed by atoms with Crippen LogP contribution in [0.4, 0.5) is 0 Å². The Bertz CT molecular complexity index is 299. The summed E-state index contributed by atoms with van der Waals surface area (Å²) in [5.41, 5.74) is 3.77. The molecule has 0 fully saturated rings. The van der Waals surface area contributed by atoms with Crippen LogP contribution in [-0.4, -0.2) is 9.97 Å². The zero-order valence-corrected chi connectivity index (χ0v) is 10.3. The van der Waals surface area contributed by atoms with Gasteiger partial charge in [-0.15, -0.1) is 18.1 Å². The SMILES string of the molecule is Cc1[c-][nH]c(C)c1C.[Ru+2].[c-]1ccc[nH]1. The van der Waals surface area contributed by atoms with Crippen LogP contribution < -0.4 is 0 Å². The predicted molar refractivity (Wildman–Crippen MR) is 53.5 cm³/mol. The van der Waals surface area contributed by atoms with E-state index in [9.17, 15) is 0 Å². The Labute approximate surface area is 97.9 Å². The molecule has 0 saturated heterocycles. The van der Waals surface area contributed by atoms with Crippen LogP contribution in [0.1, 0.15) is 16.8 Å². The van der Waals surface area contributed by atoms with E-state index in [1.807, 2.05) is 18.3 Å². The summed E-state index contributed by atoms with van der Waals surface area (Å²) in [6.45, 7) is 6.20. The zero-order valence-electron chi connectivity index (χ0n) is 8.59. The van der Waals surface area contributed by atoms with Crippen LogP contribution in [0.2, 0.25) is 0 Å². The minimum absolute atomic E-state index is 0. The van der Waals surface area contributed by atoms with Gasteiger partial charge in [0.2, 0.25) is 0 Å². The van der Waals surface area contributed by atoms with Gasteiger partial charge in [-0.2, -0.15) is 29.5 Å². The molecule has 2 nitrogen and oxygen atoms in total. The third-order valence-electron chi connectivity index (χ3n) is 2.00. The van der Waals surface area contributed by atoms with Gasteiger partial charge in [-0.25, -0.2) is 0 Å². The van der Waals surface area contributed by atoms with Crippen LogP contribution in [0, 0.1) is 33.2 Å². The summed E-state index contributed by atoms with van der Waals surface area (Å²) in [6.07, 6.45) is 7.57. The van der Waals surface area contributed by atoms with E-state index in [1.165, 1.54) is 16.8 Å². The number of aromatic amines is 2. The number of rotatable bonds is 0. The first-order valence-electron chi connectivity index (χ1n) is 4.24. The Morgan fingerprint density at radius 1 is 1.21 bits per heavy atom. The molecule has 0 saturated carbocycles. The summed E-state index contributed by atoms with van der Waals surface area (Å²) < 4.78 is 0. The first-order valence-corrected chi connectivity index (χ1v) is 4.24. The van der Waals surface area contributed by atoms with Gasteiger partial charge in [-0.1, -0.05) is 20.8 Å². The maximum Gasteiger partial charge on any atom is 2.00 e. The maximum atomic E-state index is 3.01. The van der Waals surface area contributed by atoms with Crippen molar-refractivity contribution < 1.29 is 19.5 Å². The third-order valence-corrected chi connectivity index (χ3v) is 2.00. The van der Waals surface area contributed by atoms with Crippen LogP contribution in [0.3, 0.4) is 0 Å². The molecule has 0 radical (unpaired) electrons. The summed E-state index contributed by atoms with van der Waals surface area (Å²) >= 11 is 0. The van der Waals surface area contributed by atoms with Gasteiger partial charge in [-0.05, 0) is 0 Å². The average molecular weight is 275 g/mol. The second-order valence-corrected chi connectivity index (χ2v) is 2.94. The Morgan fingerprint density at radius 3 is 2.07 bits per heavy atom. The molecule has 0 unspecified atom stereocenters. The number of aryl methyl sites for hydroxylation is 2. The van der Waals surface area contributed by atoms with E-state index in [0.717, 1.165) is 0 Å². The summed E-state index contributed by atoms with van der Waals surface area (Å²) in [7, 11) is 0. The Balaban J connectivity index is 0.000000246. The molecule has 0 spiro atoms. The topological polar surface area (TPSA) is 31.6 Å². The van der Waals surface area contributed by atoms with Gasteiger partial charge >= 0.3 is 19.5 Å². The van der Waals surface area contributed by atoms with Gasteiger partial charge in [0.1, 0.15) is 0 Å². The molecule has 0 amide bonds. The number of hydrogen-bond donors (Lipinski definition) is 2. The van der Waals surface area contributed by atoms with Crippen molar-refractivity contribution in [1.29, 1.82) is 0 Å². The molecule has 76 valence electrons. The fourth-order valence-corrected chi connectivity index (χ4v) is 0.897. The summed E-state index contributed by atoms with van der Waals surface area (Å²) in [4.78, 5) is 5.75. The van der Waals surface area contributed by atoms with Crippen molar-refractivity contribution in [1.82, 2.24) is 9.97 Å². The number of H-pyrrole nitrogens is 2. The summed E-state index contributed by atoms with van der Waals surface area (Å²) in [5, 5.41) is 0. The van der Waals surface area contributed by atoms with Crippen molar-refractivity contribution in [2.24, 2.45) is 0 Å². The van der Waals surface area contributed by atoms with Gasteiger partial charge in [0, 0.05) is 0 Å². The fraction of sp³-hybridized carbons (Fsp3) is 0.273.